The summed E-state index contributed by atoms with van der Waals surface area (Å²) in [6, 6.07) is 0. The van der Waals surface area contributed by atoms with Crippen LogP contribution in [0.2, 0.25) is 0 Å². The zero-order chi connectivity index (χ0) is 12.6. The third kappa shape index (κ3) is 2.65. The van der Waals surface area contributed by atoms with Gasteiger partial charge in [0.15, 0.2) is 5.82 Å². The van der Waals surface area contributed by atoms with Gasteiger partial charge in [0, 0.05) is 39.2 Å². The summed E-state index contributed by atoms with van der Waals surface area (Å²) in [6.07, 6.45) is 1.08. The summed E-state index contributed by atoms with van der Waals surface area (Å²) >= 11 is 3.19. The zero-order valence-electron chi connectivity index (χ0n) is 9.29. The predicted molar refractivity (Wildman–Crippen MR) is 63.6 cm³/mol. The Morgan fingerprint density at radius 3 is 2.59 bits per heavy atom. The van der Waals surface area contributed by atoms with Crippen molar-refractivity contribution in [3.8, 4) is 0 Å². The molecule has 94 valence electrons. The highest BCUT2D eigenvalue weighted by Crippen LogP contribution is 2.28. The Morgan fingerprint density at radius 2 is 2.00 bits per heavy atom. The molecule has 0 bridgehead atoms. The minimum absolute atomic E-state index is 0.158. The molecule has 0 aliphatic carbocycles. The van der Waals surface area contributed by atoms with Crippen molar-refractivity contribution in [3.63, 3.8) is 0 Å². The molecular formula is C10H12BrF2N3O. The van der Waals surface area contributed by atoms with E-state index >= 15 is 0 Å². The van der Waals surface area contributed by atoms with Gasteiger partial charge in [0.2, 0.25) is 0 Å². The first-order chi connectivity index (χ1) is 7.89. The second kappa shape index (κ2) is 4.36. The van der Waals surface area contributed by atoms with Gasteiger partial charge < -0.3 is 9.47 Å². The molecule has 1 aromatic heterocycles. The average Bonchev–Trinajstić information content (AvgIpc) is 2.24. The maximum Gasteiger partial charge on any atom is 0.293 e. The molecule has 1 aliphatic heterocycles. The molecule has 0 N–H and O–H groups in total. The van der Waals surface area contributed by atoms with Gasteiger partial charge in [-0.3, -0.25) is 4.79 Å². The van der Waals surface area contributed by atoms with Crippen LogP contribution in [0.5, 0.6) is 0 Å². The van der Waals surface area contributed by atoms with Crippen molar-refractivity contribution in [2.24, 2.45) is 7.05 Å². The molecule has 0 radical (unpaired) electrons. The van der Waals surface area contributed by atoms with Crippen LogP contribution in [0, 0.1) is 0 Å². The minimum Gasteiger partial charge on any atom is -0.352 e. The molecular weight excluding hydrogens is 296 g/mol. The fraction of sp³-hybridized carbons (Fsp3) is 0.600. The van der Waals surface area contributed by atoms with E-state index < -0.39 is 5.92 Å². The van der Waals surface area contributed by atoms with Crippen LogP contribution in [-0.4, -0.2) is 28.6 Å². The van der Waals surface area contributed by atoms with Crippen molar-refractivity contribution in [1.82, 2.24) is 9.55 Å². The molecule has 0 unspecified atom stereocenters. The second-order valence-corrected chi connectivity index (χ2v) is 4.96. The van der Waals surface area contributed by atoms with Gasteiger partial charge in [-0.05, 0) is 15.9 Å². The third-order valence-corrected chi connectivity index (χ3v) is 3.20. The van der Waals surface area contributed by atoms with Crippen molar-refractivity contribution in [3.05, 3.63) is 21.2 Å². The molecule has 0 saturated carbocycles. The monoisotopic (exact) mass is 307 g/mol. The molecule has 1 aliphatic rings. The highest BCUT2D eigenvalue weighted by Gasteiger charge is 2.35. The lowest BCUT2D eigenvalue weighted by Crippen LogP contribution is -2.42. The molecule has 4 nitrogen and oxygen atoms in total. The highest BCUT2D eigenvalue weighted by atomic mass is 79.9. The molecule has 0 atom stereocenters. The van der Waals surface area contributed by atoms with Gasteiger partial charge in [-0.2, -0.15) is 0 Å². The van der Waals surface area contributed by atoms with E-state index in [9.17, 15) is 13.6 Å². The number of aryl methyl sites for hydroxylation is 1. The van der Waals surface area contributed by atoms with Gasteiger partial charge >= 0.3 is 0 Å². The molecule has 0 spiro atoms. The van der Waals surface area contributed by atoms with E-state index in [0.717, 1.165) is 0 Å². The molecule has 1 fully saturated rings. The van der Waals surface area contributed by atoms with Gasteiger partial charge in [-0.25, -0.2) is 13.8 Å². The topological polar surface area (TPSA) is 38.1 Å². The van der Waals surface area contributed by atoms with E-state index in [1.807, 2.05) is 0 Å². The molecule has 2 heterocycles. The maximum atomic E-state index is 13.0. The van der Waals surface area contributed by atoms with E-state index in [-0.39, 0.29) is 37.3 Å². The van der Waals surface area contributed by atoms with Gasteiger partial charge in [-0.15, -0.1) is 0 Å². The van der Waals surface area contributed by atoms with Crippen LogP contribution >= 0.6 is 15.9 Å². The first kappa shape index (κ1) is 12.5. The Balaban J connectivity index is 2.27. The summed E-state index contributed by atoms with van der Waals surface area (Å²) in [4.78, 5) is 17.5. The molecule has 7 heteroatoms. The average molecular weight is 308 g/mol. The number of rotatable bonds is 1. The van der Waals surface area contributed by atoms with Gasteiger partial charge in [0.25, 0.3) is 11.5 Å². The smallest absolute Gasteiger partial charge is 0.293 e. The Kier molecular flexibility index (Phi) is 3.20. The molecule has 0 aromatic carbocycles. The number of hydrogen-bond donors (Lipinski definition) is 0. The van der Waals surface area contributed by atoms with Crippen LogP contribution in [0.25, 0.3) is 0 Å². The van der Waals surface area contributed by atoms with Gasteiger partial charge in [0.1, 0.15) is 4.60 Å². The Bertz CT molecular complexity index is 479. The first-order valence-electron chi connectivity index (χ1n) is 5.25. The van der Waals surface area contributed by atoms with Crippen LogP contribution in [0.3, 0.4) is 0 Å². The number of hydrogen-bond acceptors (Lipinski definition) is 3. The summed E-state index contributed by atoms with van der Waals surface area (Å²) in [5.74, 6) is -2.38. The van der Waals surface area contributed by atoms with E-state index in [1.165, 1.54) is 4.57 Å². The van der Waals surface area contributed by atoms with Crippen LogP contribution in [0.1, 0.15) is 12.8 Å². The van der Waals surface area contributed by atoms with E-state index in [4.69, 9.17) is 0 Å². The van der Waals surface area contributed by atoms with Crippen molar-refractivity contribution in [2.45, 2.75) is 18.8 Å². The minimum atomic E-state index is -2.62. The summed E-state index contributed by atoms with van der Waals surface area (Å²) < 4.78 is 27.9. The first-order valence-corrected chi connectivity index (χ1v) is 6.04. The fourth-order valence-corrected chi connectivity index (χ4v) is 2.28. The number of halogens is 3. The third-order valence-electron chi connectivity index (χ3n) is 2.82. The van der Waals surface area contributed by atoms with Crippen LogP contribution in [-0.2, 0) is 7.05 Å². The largest absolute Gasteiger partial charge is 0.352 e. The Hall–Kier alpha value is -0.980. The van der Waals surface area contributed by atoms with Crippen LogP contribution in [0.15, 0.2) is 15.6 Å². The second-order valence-electron chi connectivity index (χ2n) is 4.15. The Morgan fingerprint density at radius 1 is 1.41 bits per heavy atom. The van der Waals surface area contributed by atoms with E-state index in [1.54, 1.807) is 18.1 Å². The molecule has 17 heavy (non-hydrogen) atoms. The van der Waals surface area contributed by atoms with E-state index in [0.29, 0.717) is 4.60 Å². The van der Waals surface area contributed by atoms with Gasteiger partial charge in [-0.1, -0.05) is 0 Å². The lowest BCUT2D eigenvalue weighted by molar-refractivity contribution is -0.0222. The van der Waals surface area contributed by atoms with Crippen molar-refractivity contribution >= 4 is 21.7 Å². The lowest BCUT2D eigenvalue weighted by atomic mass is 10.1. The summed E-state index contributed by atoms with van der Waals surface area (Å²) in [5, 5.41) is 0. The van der Waals surface area contributed by atoms with Crippen molar-refractivity contribution in [1.29, 1.82) is 0 Å². The SMILES string of the molecule is Cn1cc(Br)nc(N2CCC(F)(F)CC2)c1=O. The number of piperidine rings is 1. The number of alkyl halides is 2. The predicted octanol–water partition coefficient (Wildman–Crippen LogP) is 1.78. The molecule has 0 amide bonds. The fourth-order valence-electron chi connectivity index (χ4n) is 1.81. The lowest BCUT2D eigenvalue weighted by Gasteiger charge is -2.32. The molecule has 1 saturated heterocycles. The van der Waals surface area contributed by atoms with Crippen LogP contribution < -0.4 is 10.5 Å². The molecule has 2 rings (SSSR count). The zero-order valence-corrected chi connectivity index (χ0v) is 10.9. The summed E-state index contributed by atoms with van der Waals surface area (Å²) in [7, 11) is 1.61. The van der Waals surface area contributed by atoms with Crippen LogP contribution in [0.4, 0.5) is 14.6 Å². The number of nitrogens with zero attached hydrogens (tertiary/aromatic N) is 3. The standard InChI is InChI=1S/C10H12BrF2N3O/c1-15-6-7(11)14-8(9(15)17)16-4-2-10(12,13)3-5-16/h6H,2-5H2,1H3. The normalized spacial score (nSPS) is 19.4. The number of aromatic nitrogens is 2. The quantitative estimate of drug-likeness (QED) is 0.794. The van der Waals surface area contributed by atoms with Crippen molar-refractivity contribution < 1.29 is 8.78 Å². The summed E-state index contributed by atoms with van der Waals surface area (Å²) in [6.45, 7) is 0.317. The van der Waals surface area contributed by atoms with Gasteiger partial charge in [0.05, 0.1) is 0 Å². The summed E-state index contributed by atoms with van der Waals surface area (Å²) in [5.41, 5.74) is -0.265. The number of anilines is 1. The Labute approximate surface area is 105 Å². The van der Waals surface area contributed by atoms with Crippen molar-refractivity contribution in [2.75, 3.05) is 18.0 Å². The molecule has 1 aromatic rings. The highest BCUT2D eigenvalue weighted by molar-refractivity contribution is 9.10. The van der Waals surface area contributed by atoms with E-state index in [2.05, 4.69) is 20.9 Å². The maximum absolute atomic E-state index is 13.0.